The van der Waals surface area contributed by atoms with Crippen molar-refractivity contribution in [2.75, 3.05) is 49.6 Å². The number of benzene rings is 2. The molecule has 13 heteroatoms. The van der Waals surface area contributed by atoms with Crippen molar-refractivity contribution in [2.24, 2.45) is 0 Å². The molecule has 3 aromatic rings. The zero-order chi connectivity index (χ0) is 29.0. The first-order valence-electron chi connectivity index (χ1n) is 13.1. The van der Waals surface area contributed by atoms with Gasteiger partial charge in [0.05, 0.1) is 31.4 Å². The Kier molecular flexibility index (Phi) is 9.49. The summed E-state index contributed by atoms with van der Waals surface area (Å²) in [7, 11) is 0. The Labute approximate surface area is 242 Å². The van der Waals surface area contributed by atoms with Crippen molar-refractivity contribution < 1.29 is 28.2 Å². The molecule has 2 aliphatic rings. The van der Waals surface area contributed by atoms with E-state index in [1.165, 1.54) is 25.4 Å². The van der Waals surface area contributed by atoms with Crippen LogP contribution in [0.15, 0.2) is 48.8 Å². The van der Waals surface area contributed by atoms with Crippen LogP contribution < -0.4 is 15.0 Å². The van der Waals surface area contributed by atoms with Crippen LogP contribution in [0.2, 0.25) is 0 Å². The molecule has 11 nitrogen and oxygen atoms in total. The fourth-order valence-electron chi connectivity index (χ4n) is 4.79. The van der Waals surface area contributed by atoms with Gasteiger partial charge in [0.2, 0.25) is 11.9 Å². The van der Waals surface area contributed by atoms with Crippen LogP contribution in [0.25, 0.3) is 11.4 Å². The monoisotopic (exact) mass is 581 g/mol. The van der Waals surface area contributed by atoms with Gasteiger partial charge in [-0.25, -0.2) is 18.7 Å². The second-order valence-electron chi connectivity index (χ2n) is 9.85. The number of carbonyl (C=O) groups excluding carboxylic acids is 1. The number of hydrogen-bond acceptors (Lipinski definition) is 10. The van der Waals surface area contributed by atoms with Gasteiger partial charge in [-0.2, -0.15) is 10.2 Å². The first-order chi connectivity index (χ1) is 19.8. The topological polar surface area (TPSA) is 137 Å². The molecule has 1 amide bonds. The molecule has 5 rings (SSSR count). The molecule has 1 aromatic heterocycles. The average molecular weight is 582 g/mol. The maximum atomic E-state index is 14.7. The van der Waals surface area contributed by atoms with Crippen molar-refractivity contribution in [3.8, 4) is 23.2 Å². The van der Waals surface area contributed by atoms with Gasteiger partial charge >= 0.3 is 5.92 Å². The summed E-state index contributed by atoms with van der Waals surface area (Å²) in [5, 5.41) is 22.2. The molecule has 3 heterocycles. The Bertz CT molecular complexity index is 1430. The van der Waals surface area contributed by atoms with Crippen LogP contribution in [0.4, 0.5) is 26.1 Å². The van der Waals surface area contributed by atoms with Gasteiger partial charge in [-0.1, -0.05) is 7.43 Å². The number of piperidine rings is 1. The lowest BCUT2D eigenvalue weighted by atomic mass is 10.0. The molecule has 222 valence electrons. The quantitative estimate of drug-likeness (QED) is 0.426. The van der Waals surface area contributed by atoms with E-state index in [4.69, 9.17) is 9.47 Å². The van der Waals surface area contributed by atoms with Crippen LogP contribution in [0.5, 0.6) is 5.75 Å². The van der Waals surface area contributed by atoms with E-state index in [-0.39, 0.29) is 56.2 Å². The molecule has 2 saturated heterocycles. The number of morpholine rings is 1. The third kappa shape index (κ3) is 6.89. The Balaban J connectivity index is 0.00000405. The molecule has 2 N–H and O–H groups in total. The van der Waals surface area contributed by atoms with Gasteiger partial charge in [-0.05, 0) is 42.5 Å². The number of ether oxygens (including phenoxy) is 2. The number of hydrogen-bond donors (Lipinski definition) is 2. The largest absolute Gasteiger partial charge is 0.483 e. The number of amides is 1. The molecule has 2 atom stereocenters. The van der Waals surface area contributed by atoms with E-state index >= 15 is 0 Å². The van der Waals surface area contributed by atoms with E-state index in [1.54, 1.807) is 6.07 Å². The third-order valence-corrected chi connectivity index (χ3v) is 7.01. The Morgan fingerprint density at radius 2 is 2.02 bits per heavy atom. The van der Waals surface area contributed by atoms with Crippen LogP contribution >= 0.6 is 0 Å². The van der Waals surface area contributed by atoms with Crippen LogP contribution in [0, 0.1) is 11.3 Å². The van der Waals surface area contributed by atoms with Gasteiger partial charge in [0, 0.05) is 49.9 Å². The number of alkyl halides is 2. The summed E-state index contributed by atoms with van der Waals surface area (Å²) in [6.45, 7) is 2.53. The van der Waals surface area contributed by atoms with Crippen molar-refractivity contribution in [1.29, 1.82) is 5.26 Å². The van der Waals surface area contributed by atoms with Crippen molar-refractivity contribution in [3.63, 3.8) is 0 Å². The number of carbonyl (C=O) groups is 1. The van der Waals surface area contributed by atoms with Crippen molar-refractivity contribution in [3.05, 3.63) is 54.4 Å². The molecule has 0 unspecified atom stereocenters. The molecular formula is C29H33F2N7O4. The lowest BCUT2D eigenvalue weighted by Gasteiger charge is -2.37. The number of aliphatic hydroxyl groups is 1. The zero-order valence-electron chi connectivity index (χ0n) is 22.3. The van der Waals surface area contributed by atoms with Crippen LogP contribution in [-0.2, 0) is 9.53 Å². The lowest BCUT2D eigenvalue weighted by molar-refractivity contribution is -0.158. The predicted molar refractivity (Wildman–Crippen MR) is 152 cm³/mol. The minimum absolute atomic E-state index is 0. The summed E-state index contributed by atoms with van der Waals surface area (Å²) in [5.41, 5.74) is 2.29. The minimum atomic E-state index is -3.26. The van der Waals surface area contributed by atoms with Crippen LogP contribution in [-0.4, -0.2) is 88.4 Å². The maximum absolute atomic E-state index is 14.7. The van der Waals surface area contributed by atoms with Crippen molar-refractivity contribution in [2.45, 2.75) is 38.9 Å². The number of nitrogens with zero attached hydrogens (tertiary/aromatic N) is 6. The second kappa shape index (κ2) is 13.1. The normalized spacial score (nSPS) is 19.8. The molecule has 2 fully saturated rings. The number of rotatable bonds is 7. The van der Waals surface area contributed by atoms with Gasteiger partial charge in [-0.15, -0.1) is 0 Å². The van der Waals surface area contributed by atoms with Crippen LogP contribution in [0.1, 0.15) is 26.3 Å². The fraction of sp³-hybridized carbons (Fsp3) is 0.414. The van der Waals surface area contributed by atoms with E-state index in [0.29, 0.717) is 18.7 Å². The standard InChI is InChI=1S/C28H29F2N7O4.CH4/c1-18(39)37-9-8-25(28(29,30)16-37)41-24-7-2-19(12-20(24)13-31)26-32-17-33-27(35-26)34-21-3-5-22(6-4-21)36-10-11-40-23(14-36)15-38;/h2-7,12,17,23,25,38H,8-11,14-16H2,1H3,(H,32,33,34,35);1H4/t23-,25+;/m1./s1. The fourth-order valence-corrected chi connectivity index (χ4v) is 4.79. The van der Waals surface area contributed by atoms with E-state index in [9.17, 15) is 23.9 Å². The highest BCUT2D eigenvalue weighted by atomic mass is 19.3. The molecule has 42 heavy (non-hydrogen) atoms. The third-order valence-electron chi connectivity index (χ3n) is 7.01. The summed E-state index contributed by atoms with van der Waals surface area (Å²) < 4.78 is 40.4. The Morgan fingerprint density at radius 1 is 1.24 bits per heavy atom. The molecule has 2 aliphatic heterocycles. The number of aliphatic hydroxyl groups excluding tert-OH is 1. The van der Waals surface area contributed by atoms with E-state index in [0.717, 1.165) is 22.8 Å². The molecule has 0 bridgehead atoms. The highest BCUT2D eigenvalue weighted by Gasteiger charge is 2.47. The van der Waals surface area contributed by atoms with Gasteiger partial charge < -0.3 is 29.7 Å². The highest BCUT2D eigenvalue weighted by Crippen LogP contribution is 2.33. The molecule has 2 aromatic carbocycles. The summed E-state index contributed by atoms with van der Waals surface area (Å²) in [6.07, 6.45) is -0.394. The molecule has 0 aliphatic carbocycles. The minimum Gasteiger partial charge on any atom is -0.483 e. The zero-order valence-corrected chi connectivity index (χ0v) is 22.3. The Morgan fingerprint density at radius 3 is 2.71 bits per heavy atom. The van der Waals surface area contributed by atoms with Crippen molar-refractivity contribution >= 4 is 23.2 Å². The summed E-state index contributed by atoms with van der Waals surface area (Å²) in [5.74, 6) is -3.09. The van der Waals surface area contributed by atoms with Crippen LogP contribution in [0.3, 0.4) is 0 Å². The van der Waals surface area contributed by atoms with Gasteiger partial charge in [0.25, 0.3) is 0 Å². The molecular weight excluding hydrogens is 548 g/mol. The number of anilines is 3. The number of nitrogens with one attached hydrogen (secondary N) is 1. The number of halogens is 2. The number of aromatic nitrogens is 3. The lowest BCUT2D eigenvalue weighted by Crippen LogP contribution is -2.54. The number of likely N-dealkylation sites (tertiary alicyclic amines) is 1. The van der Waals surface area contributed by atoms with E-state index < -0.39 is 24.5 Å². The van der Waals surface area contributed by atoms with Gasteiger partial charge in [0.15, 0.2) is 11.9 Å². The summed E-state index contributed by atoms with van der Waals surface area (Å²) >= 11 is 0. The van der Waals surface area contributed by atoms with E-state index in [2.05, 4.69) is 25.2 Å². The molecule has 0 saturated carbocycles. The highest BCUT2D eigenvalue weighted by molar-refractivity contribution is 5.73. The van der Waals surface area contributed by atoms with Gasteiger partial charge in [-0.3, -0.25) is 4.79 Å². The van der Waals surface area contributed by atoms with E-state index in [1.807, 2.05) is 30.3 Å². The van der Waals surface area contributed by atoms with Crippen molar-refractivity contribution in [1.82, 2.24) is 19.9 Å². The number of nitriles is 1. The first-order valence-corrected chi connectivity index (χ1v) is 13.1. The first kappa shape index (κ1) is 30.5. The molecule has 0 radical (unpaired) electrons. The molecule has 0 spiro atoms. The Hall–Kier alpha value is -4.41. The maximum Gasteiger partial charge on any atom is 0.301 e. The predicted octanol–water partition coefficient (Wildman–Crippen LogP) is 3.62. The second-order valence-corrected chi connectivity index (χ2v) is 9.85. The summed E-state index contributed by atoms with van der Waals surface area (Å²) in [4.78, 5) is 27.6. The SMILES string of the molecule is C.CC(=O)N1CC[C@H](Oc2ccc(-c3ncnc(Nc4ccc(N5CCO[C@@H](CO)C5)cc4)n3)cc2C#N)C(F)(F)C1. The average Bonchev–Trinajstić information content (AvgIpc) is 2.98. The summed E-state index contributed by atoms with van der Waals surface area (Å²) in [6, 6.07) is 14.2. The van der Waals surface area contributed by atoms with Gasteiger partial charge in [0.1, 0.15) is 18.1 Å². The smallest absolute Gasteiger partial charge is 0.301 e.